The summed E-state index contributed by atoms with van der Waals surface area (Å²) in [5.41, 5.74) is 3.99. The first kappa shape index (κ1) is 19.9. The van der Waals surface area contributed by atoms with E-state index in [9.17, 15) is 9.59 Å². The molecule has 2 aromatic rings. The Morgan fingerprint density at radius 3 is 2.27 bits per heavy atom. The van der Waals surface area contributed by atoms with Gasteiger partial charge in [-0.15, -0.1) is 0 Å². The van der Waals surface area contributed by atoms with Crippen molar-refractivity contribution in [1.82, 2.24) is 10.2 Å². The Morgan fingerprint density at radius 2 is 1.65 bits per heavy atom. The first-order chi connectivity index (χ1) is 12.4. The Hall–Kier alpha value is -2.46. The number of Topliss-reactive ketones (excluding diaryl/α,β-unsaturated/α-hetero) is 1. The van der Waals surface area contributed by atoms with Crippen molar-refractivity contribution in [2.24, 2.45) is 0 Å². The normalized spacial score (nSPS) is 12.0. The van der Waals surface area contributed by atoms with Gasteiger partial charge in [-0.3, -0.25) is 9.59 Å². The minimum Gasteiger partial charge on any atom is -0.348 e. The summed E-state index contributed by atoms with van der Waals surface area (Å²) >= 11 is 0. The first-order valence-corrected chi connectivity index (χ1v) is 8.96. The molecular weight excluding hydrogens is 324 g/mol. The van der Waals surface area contributed by atoms with Gasteiger partial charge in [-0.05, 0) is 50.7 Å². The fraction of sp³-hybridized carbons (Fsp3) is 0.364. The Morgan fingerprint density at radius 1 is 0.962 bits per heavy atom. The fourth-order valence-electron chi connectivity index (χ4n) is 2.84. The predicted octanol–water partition coefficient (Wildman–Crippen LogP) is 3.69. The number of hydrogen-bond acceptors (Lipinski definition) is 3. The second kappa shape index (κ2) is 9.30. The third-order valence-corrected chi connectivity index (χ3v) is 4.49. The average Bonchev–Trinajstić information content (AvgIpc) is 2.62. The number of carbonyl (C=O) groups excluding carboxylic acids is 2. The number of amides is 1. The third-order valence-electron chi connectivity index (χ3n) is 4.49. The molecule has 4 heteroatoms. The molecule has 0 saturated heterocycles. The van der Waals surface area contributed by atoms with Gasteiger partial charge in [0.15, 0.2) is 5.78 Å². The van der Waals surface area contributed by atoms with Crippen molar-refractivity contribution >= 4 is 11.7 Å². The maximum atomic E-state index is 12.4. The molecule has 0 aliphatic rings. The van der Waals surface area contributed by atoms with Gasteiger partial charge in [-0.2, -0.15) is 0 Å². The van der Waals surface area contributed by atoms with Crippen LogP contribution in [0.4, 0.5) is 0 Å². The molecular formula is C22H28N2O2. The van der Waals surface area contributed by atoms with E-state index in [1.807, 2.05) is 81.4 Å². The van der Waals surface area contributed by atoms with E-state index in [-0.39, 0.29) is 30.6 Å². The van der Waals surface area contributed by atoms with Crippen LogP contribution < -0.4 is 5.32 Å². The van der Waals surface area contributed by atoms with Gasteiger partial charge in [-0.25, -0.2) is 0 Å². The molecule has 0 radical (unpaired) electrons. The molecule has 2 aromatic carbocycles. The lowest BCUT2D eigenvalue weighted by Crippen LogP contribution is -2.35. The van der Waals surface area contributed by atoms with Gasteiger partial charge in [0.25, 0.3) is 0 Å². The molecule has 1 N–H and O–H groups in total. The van der Waals surface area contributed by atoms with E-state index in [1.54, 1.807) is 0 Å². The van der Waals surface area contributed by atoms with E-state index in [0.29, 0.717) is 12.1 Å². The van der Waals surface area contributed by atoms with Gasteiger partial charge >= 0.3 is 0 Å². The predicted molar refractivity (Wildman–Crippen MR) is 105 cm³/mol. The molecule has 0 aliphatic heterocycles. The molecule has 0 unspecified atom stereocenters. The van der Waals surface area contributed by atoms with Crippen LogP contribution in [0.25, 0.3) is 0 Å². The van der Waals surface area contributed by atoms with Gasteiger partial charge in [0.1, 0.15) is 0 Å². The average molecular weight is 352 g/mol. The number of aryl methyl sites for hydroxylation is 2. The van der Waals surface area contributed by atoms with Gasteiger partial charge < -0.3 is 10.2 Å². The summed E-state index contributed by atoms with van der Waals surface area (Å²) < 4.78 is 0. The topological polar surface area (TPSA) is 49.4 Å². The molecule has 4 nitrogen and oxygen atoms in total. The second-order valence-electron chi connectivity index (χ2n) is 7.02. The van der Waals surface area contributed by atoms with Crippen LogP contribution in [0.3, 0.4) is 0 Å². The number of ketones is 1. The van der Waals surface area contributed by atoms with Crippen molar-refractivity contribution in [3.05, 3.63) is 70.8 Å². The van der Waals surface area contributed by atoms with E-state index in [1.165, 1.54) is 0 Å². The Kier molecular flexibility index (Phi) is 7.10. The SMILES string of the molecule is Cc1ccc(C(=O)CCC(=O)N[C@H](CN(C)C)c2ccccc2)cc1C. The van der Waals surface area contributed by atoms with Crippen molar-refractivity contribution < 1.29 is 9.59 Å². The maximum absolute atomic E-state index is 12.4. The summed E-state index contributed by atoms with van der Waals surface area (Å²) in [7, 11) is 3.96. The highest BCUT2D eigenvalue weighted by Crippen LogP contribution is 2.15. The minimum absolute atomic E-state index is 0.00659. The van der Waals surface area contributed by atoms with Gasteiger partial charge in [-0.1, -0.05) is 42.5 Å². The molecule has 26 heavy (non-hydrogen) atoms. The molecule has 138 valence electrons. The summed E-state index contributed by atoms with van der Waals surface area (Å²) in [5, 5.41) is 3.06. The lowest BCUT2D eigenvalue weighted by atomic mass is 10.0. The first-order valence-electron chi connectivity index (χ1n) is 8.96. The van der Waals surface area contributed by atoms with Crippen LogP contribution in [0, 0.1) is 13.8 Å². The highest BCUT2D eigenvalue weighted by molar-refractivity contribution is 5.98. The van der Waals surface area contributed by atoms with E-state index < -0.39 is 0 Å². The Balaban J connectivity index is 1.95. The fourth-order valence-corrected chi connectivity index (χ4v) is 2.84. The number of carbonyl (C=O) groups is 2. The van der Waals surface area contributed by atoms with E-state index >= 15 is 0 Å². The number of hydrogen-bond donors (Lipinski definition) is 1. The number of rotatable bonds is 8. The maximum Gasteiger partial charge on any atom is 0.220 e. The smallest absolute Gasteiger partial charge is 0.220 e. The number of benzene rings is 2. The molecule has 1 atom stereocenters. The molecule has 0 heterocycles. The van der Waals surface area contributed by atoms with E-state index in [4.69, 9.17) is 0 Å². The molecule has 0 fully saturated rings. The van der Waals surface area contributed by atoms with Crippen LogP contribution in [0.5, 0.6) is 0 Å². The summed E-state index contributed by atoms with van der Waals surface area (Å²) in [4.78, 5) is 26.8. The third kappa shape index (κ3) is 5.81. The molecule has 2 rings (SSSR count). The highest BCUT2D eigenvalue weighted by Gasteiger charge is 2.16. The van der Waals surface area contributed by atoms with Crippen LogP contribution in [0.15, 0.2) is 48.5 Å². The second-order valence-corrected chi connectivity index (χ2v) is 7.02. The van der Waals surface area contributed by atoms with Crippen molar-refractivity contribution in [2.45, 2.75) is 32.7 Å². The zero-order valence-electron chi connectivity index (χ0n) is 16.1. The van der Waals surface area contributed by atoms with Crippen LogP contribution in [0.2, 0.25) is 0 Å². The standard InChI is InChI=1S/C22H28N2O2/c1-16-10-11-19(14-17(16)2)21(25)12-13-22(26)23-20(15-24(3)4)18-8-6-5-7-9-18/h5-11,14,20H,12-13,15H2,1-4H3,(H,23,26)/t20-/m1/s1. The number of nitrogens with zero attached hydrogens (tertiary/aromatic N) is 1. The lowest BCUT2D eigenvalue weighted by molar-refractivity contribution is -0.121. The molecule has 0 aromatic heterocycles. The van der Waals surface area contributed by atoms with E-state index in [0.717, 1.165) is 16.7 Å². The van der Waals surface area contributed by atoms with Crippen molar-refractivity contribution in [3.8, 4) is 0 Å². The summed E-state index contributed by atoms with van der Waals surface area (Å²) in [6.07, 6.45) is 0.417. The Labute approximate surface area is 156 Å². The van der Waals surface area contributed by atoms with Gasteiger partial charge in [0.05, 0.1) is 6.04 Å². The number of likely N-dealkylation sites (N-methyl/N-ethyl adjacent to an activating group) is 1. The molecule has 0 aliphatic carbocycles. The largest absolute Gasteiger partial charge is 0.348 e. The Bertz CT molecular complexity index is 754. The number of nitrogens with one attached hydrogen (secondary N) is 1. The van der Waals surface area contributed by atoms with Gasteiger partial charge in [0.2, 0.25) is 5.91 Å². The zero-order chi connectivity index (χ0) is 19.1. The van der Waals surface area contributed by atoms with Crippen LogP contribution in [-0.4, -0.2) is 37.2 Å². The molecule has 1 amide bonds. The quantitative estimate of drug-likeness (QED) is 0.737. The monoisotopic (exact) mass is 352 g/mol. The van der Waals surface area contributed by atoms with E-state index in [2.05, 4.69) is 5.32 Å². The zero-order valence-corrected chi connectivity index (χ0v) is 16.1. The summed E-state index contributed by atoms with van der Waals surface area (Å²) in [6.45, 7) is 4.72. The molecule has 0 saturated carbocycles. The van der Waals surface area contributed by atoms with Crippen LogP contribution in [0.1, 0.15) is 45.9 Å². The minimum atomic E-state index is -0.0992. The highest BCUT2D eigenvalue weighted by atomic mass is 16.2. The summed E-state index contributed by atoms with van der Waals surface area (Å²) in [5.74, 6) is -0.0926. The van der Waals surface area contributed by atoms with Gasteiger partial charge in [0, 0.05) is 24.9 Å². The van der Waals surface area contributed by atoms with Crippen LogP contribution in [-0.2, 0) is 4.79 Å². The van der Waals surface area contributed by atoms with Crippen molar-refractivity contribution in [2.75, 3.05) is 20.6 Å². The lowest BCUT2D eigenvalue weighted by Gasteiger charge is -2.23. The molecule has 0 bridgehead atoms. The van der Waals surface area contributed by atoms with Crippen molar-refractivity contribution in [3.63, 3.8) is 0 Å². The molecule has 0 spiro atoms. The summed E-state index contributed by atoms with van der Waals surface area (Å²) in [6, 6.07) is 15.5. The van der Waals surface area contributed by atoms with Crippen LogP contribution >= 0.6 is 0 Å². The van der Waals surface area contributed by atoms with Crippen molar-refractivity contribution in [1.29, 1.82) is 0 Å².